The smallest absolute Gasteiger partial charge is 0.324 e. The van der Waals surface area contributed by atoms with E-state index in [-0.39, 0.29) is 6.54 Å². The summed E-state index contributed by atoms with van der Waals surface area (Å²) in [5.41, 5.74) is 1.62. The number of hydrogen-bond donors (Lipinski definition) is 1. The van der Waals surface area contributed by atoms with Crippen LogP contribution in [-0.4, -0.2) is 53.9 Å². The Morgan fingerprint density at radius 2 is 1.75 bits per heavy atom. The number of hydrogen-bond acceptors (Lipinski definition) is 7. The van der Waals surface area contributed by atoms with Gasteiger partial charge in [0.15, 0.2) is 5.82 Å². The van der Waals surface area contributed by atoms with E-state index >= 15 is 0 Å². The van der Waals surface area contributed by atoms with E-state index in [1.165, 1.54) is 11.9 Å². The van der Waals surface area contributed by atoms with Crippen molar-refractivity contribution in [1.29, 1.82) is 0 Å². The highest BCUT2D eigenvalue weighted by Crippen LogP contribution is 2.38. The second-order valence-electron chi connectivity index (χ2n) is 8.14. The average molecular weight is 541 g/mol. The molecular weight excluding hydrogens is 519 g/mol. The van der Waals surface area contributed by atoms with Crippen LogP contribution in [0.1, 0.15) is 0 Å². The highest BCUT2D eigenvalue weighted by Gasteiger charge is 2.19. The third-order valence-electron chi connectivity index (χ3n) is 5.72. The summed E-state index contributed by atoms with van der Waals surface area (Å²) in [5, 5.41) is 12.4. The molecule has 7 nitrogen and oxygen atoms in total. The minimum atomic E-state index is -0.953. The normalized spacial score (nSPS) is 13.7. The quantitative estimate of drug-likeness (QED) is 0.284. The molecule has 36 heavy (non-hydrogen) atoms. The first-order valence-electron chi connectivity index (χ1n) is 11.3. The third-order valence-corrected chi connectivity index (χ3v) is 7.14. The molecule has 0 aliphatic carbocycles. The number of fused-ring (bicyclic) bond motifs is 1. The summed E-state index contributed by atoms with van der Waals surface area (Å²) in [6.45, 7) is 2.69. The van der Waals surface area contributed by atoms with Crippen LogP contribution >= 0.6 is 35.1 Å². The van der Waals surface area contributed by atoms with Gasteiger partial charge in [-0.05, 0) is 47.7 Å². The molecule has 3 aromatic carbocycles. The molecule has 1 fully saturated rings. The van der Waals surface area contributed by atoms with E-state index in [0.717, 1.165) is 45.8 Å². The van der Waals surface area contributed by atoms with Crippen molar-refractivity contribution in [3.63, 3.8) is 0 Å². The van der Waals surface area contributed by atoms with Crippen LogP contribution in [0.15, 0.2) is 71.8 Å². The van der Waals surface area contributed by atoms with Crippen LogP contribution in [-0.2, 0) is 9.53 Å². The summed E-state index contributed by atoms with van der Waals surface area (Å²) in [7, 11) is 0. The molecule has 5 rings (SSSR count). The molecule has 2 heterocycles. The lowest BCUT2D eigenvalue weighted by molar-refractivity contribution is -0.135. The number of halogens is 2. The van der Waals surface area contributed by atoms with Crippen LogP contribution < -0.4 is 9.21 Å². The van der Waals surface area contributed by atoms with Crippen LogP contribution in [0.25, 0.3) is 22.2 Å². The first kappa shape index (κ1) is 24.6. The molecule has 0 atom stereocenters. The molecule has 1 N–H and O–H groups in total. The summed E-state index contributed by atoms with van der Waals surface area (Å²) in [6.07, 6.45) is 1.77. The highest BCUT2D eigenvalue weighted by molar-refractivity contribution is 8.00. The van der Waals surface area contributed by atoms with Gasteiger partial charge in [0.25, 0.3) is 0 Å². The van der Waals surface area contributed by atoms with Crippen LogP contribution in [0.4, 0.5) is 11.5 Å². The molecule has 0 unspecified atom stereocenters. The van der Waals surface area contributed by atoms with Gasteiger partial charge < -0.3 is 19.0 Å². The molecule has 1 saturated heterocycles. The van der Waals surface area contributed by atoms with Crippen molar-refractivity contribution < 1.29 is 14.6 Å². The largest absolute Gasteiger partial charge is 0.480 e. The Labute approximate surface area is 222 Å². The first-order valence-corrected chi connectivity index (χ1v) is 12.8. The Morgan fingerprint density at radius 3 is 2.50 bits per heavy atom. The van der Waals surface area contributed by atoms with Crippen molar-refractivity contribution >= 4 is 63.4 Å². The number of carboxylic acid groups (broad SMARTS) is 1. The number of anilines is 2. The van der Waals surface area contributed by atoms with E-state index < -0.39 is 5.97 Å². The maximum absolute atomic E-state index is 11.8. The van der Waals surface area contributed by atoms with E-state index in [4.69, 9.17) is 32.9 Å². The molecule has 0 radical (unpaired) electrons. The van der Waals surface area contributed by atoms with Gasteiger partial charge in [0.05, 0.1) is 18.9 Å². The summed E-state index contributed by atoms with van der Waals surface area (Å²) in [6, 6.07) is 18.8. The topological polar surface area (TPSA) is 78.8 Å². The van der Waals surface area contributed by atoms with E-state index in [0.29, 0.717) is 29.1 Å². The summed E-state index contributed by atoms with van der Waals surface area (Å²) < 4.78 is 7.19. The molecular formula is C26H22Cl2N4O3S. The molecule has 4 aromatic rings. The van der Waals surface area contributed by atoms with Crippen molar-refractivity contribution in [2.45, 2.75) is 4.90 Å². The van der Waals surface area contributed by atoms with Gasteiger partial charge in [-0.15, -0.1) is 0 Å². The second-order valence-corrected chi connectivity index (χ2v) is 10.1. The molecule has 1 aliphatic heterocycles. The fraction of sp³-hybridized carbons (Fsp3) is 0.192. The molecule has 0 bridgehead atoms. The Bertz CT molecular complexity index is 1400. The number of rotatable bonds is 7. The fourth-order valence-electron chi connectivity index (χ4n) is 4.15. The Balaban J connectivity index is 1.56. The Hall–Kier alpha value is -3.04. The zero-order valence-electron chi connectivity index (χ0n) is 19.1. The Morgan fingerprint density at radius 1 is 1.03 bits per heavy atom. The van der Waals surface area contributed by atoms with E-state index in [1.807, 2.05) is 42.5 Å². The van der Waals surface area contributed by atoms with E-state index in [2.05, 4.69) is 9.88 Å². The number of nitrogens with zero attached hydrogens (tertiary/aromatic N) is 4. The molecule has 184 valence electrons. The van der Waals surface area contributed by atoms with Gasteiger partial charge in [0.2, 0.25) is 0 Å². The molecule has 0 amide bonds. The number of carbonyl (C=O) groups is 1. The highest BCUT2D eigenvalue weighted by atomic mass is 35.5. The van der Waals surface area contributed by atoms with Gasteiger partial charge >= 0.3 is 5.97 Å². The van der Waals surface area contributed by atoms with Crippen molar-refractivity contribution in [3.05, 3.63) is 76.9 Å². The van der Waals surface area contributed by atoms with Gasteiger partial charge in [0, 0.05) is 45.2 Å². The molecule has 0 spiro atoms. The van der Waals surface area contributed by atoms with Crippen LogP contribution in [0, 0.1) is 0 Å². The van der Waals surface area contributed by atoms with Gasteiger partial charge in [-0.25, -0.2) is 9.97 Å². The van der Waals surface area contributed by atoms with E-state index in [9.17, 15) is 9.90 Å². The predicted octanol–water partition coefficient (Wildman–Crippen LogP) is 6.04. The summed E-state index contributed by atoms with van der Waals surface area (Å²) in [5.74, 6) is 0.517. The summed E-state index contributed by atoms with van der Waals surface area (Å²) >= 11 is 13.6. The fourth-order valence-corrected chi connectivity index (χ4v) is 5.85. The number of aliphatic carboxylic acids is 1. The zero-order valence-corrected chi connectivity index (χ0v) is 21.4. The number of benzene rings is 3. The van der Waals surface area contributed by atoms with Gasteiger partial charge in [-0.1, -0.05) is 53.5 Å². The number of carboxylic acids is 1. The number of ether oxygens (including phenoxy) is 1. The predicted molar refractivity (Wildman–Crippen MR) is 145 cm³/mol. The van der Waals surface area contributed by atoms with Crippen molar-refractivity contribution in [1.82, 2.24) is 9.97 Å². The van der Waals surface area contributed by atoms with Gasteiger partial charge in [-0.2, -0.15) is 0 Å². The van der Waals surface area contributed by atoms with Crippen molar-refractivity contribution in [2.24, 2.45) is 0 Å². The van der Waals surface area contributed by atoms with Crippen LogP contribution in [0.3, 0.4) is 0 Å². The number of morpholine rings is 1. The van der Waals surface area contributed by atoms with Gasteiger partial charge in [-0.3, -0.25) is 4.79 Å². The van der Waals surface area contributed by atoms with Crippen LogP contribution in [0.5, 0.6) is 0 Å². The van der Waals surface area contributed by atoms with Crippen molar-refractivity contribution in [2.75, 3.05) is 42.1 Å². The SMILES string of the molecule is O=C(O)CN(Sc1cc(Cl)cc(Cl)c1)c1cccc2c(-c3nccc(N4CCOCC4)n3)cccc12. The minimum Gasteiger partial charge on any atom is -0.480 e. The number of aromatic nitrogens is 2. The lowest BCUT2D eigenvalue weighted by Crippen LogP contribution is -2.36. The molecule has 1 aromatic heterocycles. The first-order chi connectivity index (χ1) is 17.5. The minimum absolute atomic E-state index is 0.221. The third kappa shape index (κ3) is 5.52. The zero-order chi connectivity index (χ0) is 25.1. The maximum Gasteiger partial charge on any atom is 0.324 e. The molecule has 0 saturated carbocycles. The lowest BCUT2D eigenvalue weighted by atomic mass is 10.0. The van der Waals surface area contributed by atoms with Gasteiger partial charge in [0.1, 0.15) is 12.4 Å². The maximum atomic E-state index is 11.8. The lowest BCUT2D eigenvalue weighted by Gasteiger charge is -2.28. The summed E-state index contributed by atoms with van der Waals surface area (Å²) in [4.78, 5) is 24.1. The molecule has 1 aliphatic rings. The van der Waals surface area contributed by atoms with Crippen LogP contribution in [0.2, 0.25) is 10.0 Å². The average Bonchev–Trinajstić information content (AvgIpc) is 2.87. The van der Waals surface area contributed by atoms with Crippen molar-refractivity contribution in [3.8, 4) is 11.4 Å². The van der Waals surface area contributed by atoms with E-state index in [1.54, 1.807) is 28.7 Å². The monoisotopic (exact) mass is 540 g/mol. The standard InChI is InChI=1S/C26H22Cl2N4O3S/c27-17-13-18(28)15-19(14-17)36-32(16-25(33)34)23-6-2-3-20-21(23)4-1-5-22(20)26-29-8-7-24(30-26)31-9-11-35-12-10-31/h1-8,13-15H,9-12,16H2,(H,33,34). The second kappa shape index (κ2) is 10.9. The molecule has 10 heteroatoms. The Kier molecular flexibility index (Phi) is 7.48.